The first-order valence-corrected chi connectivity index (χ1v) is 8.35. The average Bonchev–Trinajstić information content (AvgIpc) is 2.52. The number of amides is 2. The van der Waals surface area contributed by atoms with Crippen LogP contribution in [0.1, 0.15) is 29.2 Å². The molecule has 24 heavy (non-hydrogen) atoms. The highest BCUT2D eigenvalue weighted by molar-refractivity contribution is 9.10. The Labute approximate surface area is 149 Å². The van der Waals surface area contributed by atoms with Crippen LogP contribution in [0, 0.1) is 19.7 Å². The average molecular weight is 392 g/mol. The molecule has 2 aromatic rings. The lowest BCUT2D eigenvalue weighted by molar-refractivity contribution is 0.252. The summed E-state index contributed by atoms with van der Waals surface area (Å²) < 4.78 is 14.7. The third-order valence-corrected chi connectivity index (χ3v) is 4.10. The van der Waals surface area contributed by atoms with Crippen LogP contribution < -0.4 is 10.7 Å². The van der Waals surface area contributed by atoms with Gasteiger partial charge in [0.25, 0.3) is 0 Å². The predicted octanol–water partition coefficient (Wildman–Crippen LogP) is 4.92. The summed E-state index contributed by atoms with van der Waals surface area (Å²) in [6.45, 7) is 5.76. The van der Waals surface area contributed by atoms with Gasteiger partial charge in [-0.3, -0.25) is 0 Å². The molecule has 4 nitrogen and oxygen atoms in total. The molecule has 0 aliphatic heterocycles. The van der Waals surface area contributed by atoms with Gasteiger partial charge in [-0.25, -0.2) is 14.6 Å². The quantitative estimate of drug-likeness (QED) is 0.563. The van der Waals surface area contributed by atoms with Crippen molar-refractivity contribution in [2.45, 2.75) is 27.2 Å². The summed E-state index contributed by atoms with van der Waals surface area (Å²) in [7, 11) is 0. The summed E-state index contributed by atoms with van der Waals surface area (Å²) in [4.78, 5) is 12.0. The van der Waals surface area contributed by atoms with E-state index in [0.717, 1.165) is 22.4 Å². The first-order valence-electron chi connectivity index (χ1n) is 7.56. The number of para-hydroxylation sites is 1. The van der Waals surface area contributed by atoms with Crippen molar-refractivity contribution in [3.05, 3.63) is 62.9 Å². The van der Waals surface area contributed by atoms with Crippen LogP contribution >= 0.6 is 15.9 Å². The molecular weight excluding hydrogens is 373 g/mol. The SMILES string of the molecule is CCc1cc(Br)cc(F)c1C=NNC(=O)Nc1c(C)cccc1C. The number of rotatable bonds is 4. The van der Waals surface area contributed by atoms with Crippen molar-refractivity contribution < 1.29 is 9.18 Å². The van der Waals surface area contributed by atoms with Crippen LogP contribution in [-0.4, -0.2) is 12.2 Å². The van der Waals surface area contributed by atoms with Crippen LogP contribution in [-0.2, 0) is 6.42 Å². The fraction of sp³-hybridized carbons (Fsp3) is 0.222. The molecule has 2 rings (SSSR count). The molecular formula is C18H19BrFN3O. The second-order valence-corrected chi connectivity index (χ2v) is 6.32. The predicted molar refractivity (Wildman–Crippen MR) is 99.1 cm³/mol. The number of hydrogen-bond acceptors (Lipinski definition) is 2. The minimum atomic E-state index is -0.473. The van der Waals surface area contributed by atoms with E-state index in [-0.39, 0.29) is 5.82 Å². The maximum atomic E-state index is 14.0. The van der Waals surface area contributed by atoms with Crippen molar-refractivity contribution in [3.63, 3.8) is 0 Å². The normalized spacial score (nSPS) is 10.9. The molecule has 2 aromatic carbocycles. The molecule has 0 radical (unpaired) electrons. The van der Waals surface area contributed by atoms with Gasteiger partial charge in [-0.1, -0.05) is 41.1 Å². The summed E-state index contributed by atoms with van der Waals surface area (Å²) in [5, 5.41) is 6.61. The number of benzene rings is 2. The maximum absolute atomic E-state index is 14.0. The number of carbonyl (C=O) groups is 1. The van der Waals surface area contributed by atoms with Gasteiger partial charge >= 0.3 is 6.03 Å². The van der Waals surface area contributed by atoms with E-state index in [2.05, 4.69) is 31.8 Å². The Morgan fingerprint density at radius 3 is 2.58 bits per heavy atom. The van der Waals surface area contributed by atoms with E-state index in [1.54, 1.807) is 0 Å². The first kappa shape index (κ1) is 18.1. The van der Waals surface area contributed by atoms with Crippen molar-refractivity contribution in [1.82, 2.24) is 5.43 Å². The van der Waals surface area contributed by atoms with Crippen molar-refractivity contribution in [1.29, 1.82) is 0 Å². The van der Waals surface area contributed by atoms with Gasteiger partial charge in [0.15, 0.2) is 0 Å². The van der Waals surface area contributed by atoms with Crippen LogP contribution in [0.4, 0.5) is 14.9 Å². The molecule has 0 unspecified atom stereocenters. The Balaban J connectivity index is 2.08. The molecule has 0 atom stereocenters. The second kappa shape index (κ2) is 8.06. The van der Waals surface area contributed by atoms with Crippen LogP contribution in [0.15, 0.2) is 39.9 Å². The summed E-state index contributed by atoms with van der Waals surface area (Å²) in [5.74, 6) is -0.387. The van der Waals surface area contributed by atoms with Crippen molar-refractivity contribution in [3.8, 4) is 0 Å². The Morgan fingerprint density at radius 1 is 1.29 bits per heavy atom. The second-order valence-electron chi connectivity index (χ2n) is 5.40. The number of nitrogens with zero attached hydrogens (tertiary/aromatic N) is 1. The van der Waals surface area contributed by atoms with Gasteiger partial charge in [-0.2, -0.15) is 5.10 Å². The molecule has 0 spiro atoms. The number of hydrazone groups is 1. The van der Waals surface area contributed by atoms with E-state index in [1.807, 2.05) is 45.0 Å². The molecule has 0 aliphatic carbocycles. The minimum Gasteiger partial charge on any atom is -0.306 e. The lowest BCUT2D eigenvalue weighted by Gasteiger charge is -2.10. The number of hydrogen-bond donors (Lipinski definition) is 2. The van der Waals surface area contributed by atoms with Crippen LogP contribution in [0.5, 0.6) is 0 Å². The molecule has 0 bridgehead atoms. The van der Waals surface area contributed by atoms with Gasteiger partial charge in [0.05, 0.1) is 6.21 Å². The van der Waals surface area contributed by atoms with Crippen molar-refractivity contribution in [2.75, 3.05) is 5.32 Å². The van der Waals surface area contributed by atoms with Crippen molar-refractivity contribution in [2.24, 2.45) is 5.10 Å². The molecule has 126 valence electrons. The molecule has 0 saturated heterocycles. The number of halogens is 2. The topological polar surface area (TPSA) is 53.5 Å². The number of carbonyl (C=O) groups excluding carboxylic acids is 1. The Hall–Kier alpha value is -2.21. The molecule has 2 amide bonds. The number of aryl methyl sites for hydroxylation is 3. The van der Waals surface area contributed by atoms with Gasteiger partial charge in [0.1, 0.15) is 5.82 Å². The lowest BCUT2D eigenvalue weighted by atomic mass is 10.1. The zero-order valence-corrected chi connectivity index (χ0v) is 15.4. The zero-order chi connectivity index (χ0) is 17.7. The van der Waals surface area contributed by atoms with Gasteiger partial charge in [0.2, 0.25) is 0 Å². The van der Waals surface area contributed by atoms with Crippen LogP contribution in [0.3, 0.4) is 0 Å². The lowest BCUT2D eigenvalue weighted by Crippen LogP contribution is -2.25. The highest BCUT2D eigenvalue weighted by Gasteiger charge is 2.08. The monoisotopic (exact) mass is 391 g/mol. The third-order valence-electron chi connectivity index (χ3n) is 3.64. The van der Waals surface area contributed by atoms with E-state index < -0.39 is 6.03 Å². The van der Waals surface area contributed by atoms with Gasteiger partial charge in [-0.05, 0) is 49.1 Å². The van der Waals surface area contributed by atoms with E-state index in [9.17, 15) is 9.18 Å². The summed E-state index contributed by atoms with van der Waals surface area (Å²) >= 11 is 3.27. The number of urea groups is 1. The molecule has 0 heterocycles. The standard InChI is InChI=1S/C18H19BrFN3O/c1-4-13-8-14(19)9-16(20)15(13)10-21-23-18(24)22-17-11(2)6-5-7-12(17)3/h5-10H,4H2,1-3H3,(H2,22,23,24). The van der Waals surface area contributed by atoms with Gasteiger partial charge in [-0.15, -0.1) is 0 Å². The minimum absolute atomic E-state index is 0.369. The van der Waals surface area contributed by atoms with Crippen LogP contribution in [0.2, 0.25) is 0 Å². The molecule has 0 aliphatic rings. The van der Waals surface area contributed by atoms with Crippen LogP contribution in [0.25, 0.3) is 0 Å². The van der Waals surface area contributed by atoms with E-state index in [1.165, 1.54) is 12.3 Å². The van der Waals surface area contributed by atoms with Gasteiger partial charge < -0.3 is 5.32 Å². The highest BCUT2D eigenvalue weighted by atomic mass is 79.9. The zero-order valence-electron chi connectivity index (χ0n) is 13.8. The number of anilines is 1. The summed E-state index contributed by atoms with van der Waals surface area (Å²) in [6.07, 6.45) is 1.98. The molecule has 2 N–H and O–H groups in total. The largest absolute Gasteiger partial charge is 0.339 e. The molecule has 0 saturated carbocycles. The maximum Gasteiger partial charge on any atom is 0.339 e. The van der Waals surface area contributed by atoms with E-state index in [4.69, 9.17) is 0 Å². The van der Waals surface area contributed by atoms with E-state index >= 15 is 0 Å². The molecule has 0 fully saturated rings. The van der Waals surface area contributed by atoms with E-state index in [0.29, 0.717) is 16.5 Å². The third kappa shape index (κ3) is 4.41. The Morgan fingerprint density at radius 2 is 1.96 bits per heavy atom. The Kier molecular flexibility index (Phi) is 6.09. The summed E-state index contributed by atoms with van der Waals surface area (Å²) in [5.41, 5.74) is 6.21. The summed E-state index contributed by atoms with van der Waals surface area (Å²) in [6, 6.07) is 8.49. The highest BCUT2D eigenvalue weighted by Crippen LogP contribution is 2.20. The first-order chi connectivity index (χ1) is 11.4. The fourth-order valence-corrected chi connectivity index (χ4v) is 2.86. The number of nitrogens with one attached hydrogen (secondary N) is 2. The molecule has 0 aromatic heterocycles. The molecule has 6 heteroatoms. The Bertz CT molecular complexity index is 770. The fourth-order valence-electron chi connectivity index (χ4n) is 2.38. The van der Waals surface area contributed by atoms with Crippen molar-refractivity contribution >= 4 is 33.9 Å². The smallest absolute Gasteiger partial charge is 0.306 e. The van der Waals surface area contributed by atoms with Gasteiger partial charge in [0, 0.05) is 15.7 Å².